The maximum Gasteiger partial charge on any atom is 0.318 e. The summed E-state index contributed by atoms with van der Waals surface area (Å²) < 4.78 is 8.64. The predicted octanol–water partition coefficient (Wildman–Crippen LogP) is 9.86. The molecule has 0 bridgehead atoms. The molecule has 4 atom stereocenters. The van der Waals surface area contributed by atoms with Crippen LogP contribution in [0.4, 0.5) is 23.3 Å². The fraction of sp³-hybridized carbons (Fsp3) is 0.417. The number of benzene rings is 3. The molecule has 2 fully saturated rings. The highest BCUT2D eigenvalue weighted by atomic mass is 35.5. The van der Waals surface area contributed by atoms with Gasteiger partial charge in [0.2, 0.25) is 5.95 Å². The third-order valence-corrected chi connectivity index (χ3v) is 16.1. The van der Waals surface area contributed by atoms with E-state index in [0.29, 0.717) is 80.5 Å². The summed E-state index contributed by atoms with van der Waals surface area (Å²) >= 11 is 6.87. The molecule has 17 heteroatoms. The van der Waals surface area contributed by atoms with Gasteiger partial charge < -0.3 is 44.2 Å². The van der Waals surface area contributed by atoms with Crippen molar-refractivity contribution in [1.82, 2.24) is 39.3 Å². The summed E-state index contributed by atoms with van der Waals surface area (Å²) in [6.45, 7) is 14.6. The van der Waals surface area contributed by atoms with E-state index in [1.54, 1.807) is 6.20 Å². The van der Waals surface area contributed by atoms with Crippen LogP contribution in [-0.4, -0.2) is 127 Å². The van der Waals surface area contributed by atoms with Crippen LogP contribution in [0.2, 0.25) is 5.02 Å². The number of halogens is 1. The van der Waals surface area contributed by atoms with Crippen LogP contribution in [0, 0.1) is 11.3 Å². The Morgan fingerprint density at radius 3 is 2.49 bits per heavy atom. The first-order chi connectivity index (χ1) is 37.5. The van der Waals surface area contributed by atoms with Crippen LogP contribution in [0.15, 0.2) is 109 Å². The van der Waals surface area contributed by atoms with Gasteiger partial charge in [0, 0.05) is 85.0 Å². The highest BCUT2D eigenvalue weighted by Gasteiger charge is 2.38. The number of nitrogens with one attached hydrogen (secondary N) is 1. The molecular formula is C60H70ClN13O3. The fourth-order valence-corrected chi connectivity index (χ4v) is 11.7. The van der Waals surface area contributed by atoms with Gasteiger partial charge in [-0.15, -0.1) is 0 Å². The number of aliphatic hydroxyl groups is 1. The van der Waals surface area contributed by atoms with Crippen molar-refractivity contribution in [3.63, 3.8) is 0 Å². The lowest BCUT2D eigenvalue weighted by Crippen LogP contribution is -2.57. The van der Waals surface area contributed by atoms with Crippen LogP contribution >= 0.6 is 11.6 Å². The molecule has 1 unspecified atom stereocenters. The molecule has 3 aromatic carbocycles. The highest BCUT2D eigenvalue weighted by Crippen LogP contribution is 2.39. The van der Waals surface area contributed by atoms with E-state index in [2.05, 4.69) is 117 Å². The number of piperazine rings is 1. The number of aromatic nitrogens is 6. The summed E-state index contributed by atoms with van der Waals surface area (Å²) in [5, 5.41) is 27.8. The summed E-state index contributed by atoms with van der Waals surface area (Å²) in [7, 11) is 2.14. The lowest BCUT2D eigenvalue weighted by atomic mass is 9.99. The first-order valence-corrected chi connectivity index (χ1v) is 27.6. The average molecular weight is 1060 g/mol. The van der Waals surface area contributed by atoms with E-state index in [9.17, 15) is 10.4 Å². The van der Waals surface area contributed by atoms with Crippen molar-refractivity contribution < 1.29 is 14.6 Å². The maximum absolute atomic E-state index is 15.5. The van der Waals surface area contributed by atoms with Crippen molar-refractivity contribution in [3.05, 3.63) is 131 Å². The molecular weight excluding hydrogens is 986 g/mol. The van der Waals surface area contributed by atoms with E-state index in [0.717, 1.165) is 87.3 Å². The van der Waals surface area contributed by atoms with Gasteiger partial charge in [-0.1, -0.05) is 79.2 Å². The third kappa shape index (κ3) is 11.1. The molecule has 0 spiro atoms. The molecule has 400 valence electrons. The minimum Gasteiger partial charge on any atom is -0.462 e. The third-order valence-electron chi connectivity index (χ3n) is 15.8. The number of rotatable bonds is 18. The fourth-order valence-electron chi connectivity index (χ4n) is 11.4. The molecule has 2 N–H and O–H groups in total. The number of carbonyl (C=O) groups is 1. The number of fused-ring (bicyclic) bond motifs is 3. The van der Waals surface area contributed by atoms with E-state index in [-0.39, 0.29) is 37.1 Å². The zero-order chi connectivity index (χ0) is 53.7. The molecule has 7 aromatic rings. The van der Waals surface area contributed by atoms with Crippen molar-refractivity contribution >= 4 is 62.6 Å². The Kier molecular flexibility index (Phi) is 16.2. The molecule has 16 nitrogen and oxygen atoms in total. The Labute approximate surface area is 457 Å². The van der Waals surface area contributed by atoms with Gasteiger partial charge in [-0.25, -0.2) is 0 Å². The molecule has 10 rings (SSSR count). The second kappa shape index (κ2) is 23.5. The van der Waals surface area contributed by atoms with Gasteiger partial charge in [0.25, 0.3) is 5.91 Å². The molecule has 77 heavy (non-hydrogen) atoms. The van der Waals surface area contributed by atoms with Gasteiger partial charge in [0.15, 0.2) is 0 Å². The largest absolute Gasteiger partial charge is 0.462 e. The Hall–Kier alpha value is -7.32. The number of likely N-dealkylation sites (N-methyl/N-ethyl adjacent to an activating group) is 1. The topological polar surface area (TPSA) is 168 Å². The maximum atomic E-state index is 15.5. The molecule has 1 amide bonds. The Balaban J connectivity index is 0.971. The van der Waals surface area contributed by atoms with Crippen molar-refractivity contribution in [1.29, 1.82) is 5.26 Å². The van der Waals surface area contributed by atoms with E-state index in [4.69, 9.17) is 36.3 Å². The van der Waals surface area contributed by atoms with Gasteiger partial charge in [0.1, 0.15) is 23.9 Å². The van der Waals surface area contributed by atoms with Gasteiger partial charge in [0.05, 0.1) is 65.6 Å². The molecule has 0 saturated carbocycles. The SMILES string of the molecule is C/C=C(\C(=O)N1CCN(c2nc(OC[C@@H]3CCCN3C)nc3c2CCN(c2cccc4cccc(Cl)c24)C3)C[C@@H]1CC#N)C(C)N(Cc1ccc(-c2ccccn2)cc1)c1nc(N[C@H](CC)CO)nc2c1ccn2C(C)C. The molecule has 3 aliphatic rings. The van der Waals surface area contributed by atoms with Crippen LogP contribution in [-0.2, 0) is 24.3 Å². The monoisotopic (exact) mass is 1060 g/mol. The minimum absolute atomic E-state index is 0.0808. The Morgan fingerprint density at radius 2 is 1.78 bits per heavy atom. The molecule has 0 aliphatic carbocycles. The van der Waals surface area contributed by atoms with Gasteiger partial charge in [-0.05, 0) is 108 Å². The molecule has 4 aromatic heterocycles. The Bertz CT molecular complexity index is 3280. The molecule has 7 heterocycles. The minimum atomic E-state index is -0.496. The van der Waals surface area contributed by atoms with E-state index >= 15 is 4.79 Å². The second-order valence-electron chi connectivity index (χ2n) is 20.9. The number of aliphatic hydroxyl groups excluding tert-OH is 1. The number of nitriles is 1. The first kappa shape index (κ1) is 53.1. The second-order valence-corrected chi connectivity index (χ2v) is 21.3. The zero-order valence-corrected chi connectivity index (χ0v) is 45.9. The summed E-state index contributed by atoms with van der Waals surface area (Å²) in [5.74, 6) is 1.72. The van der Waals surface area contributed by atoms with Crippen LogP contribution in [0.1, 0.15) is 83.2 Å². The number of ether oxygens (including phenoxy) is 1. The number of hydrogen-bond donors (Lipinski definition) is 2. The summed E-state index contributed by atoms with van der Waals surface area (Å²) in [5.41, 5.74) is 7.23. The van der Waals surface area contributed by atoms with Crippen molar-refractivity contribution in [3.8, 4) is 23.3 Å². The van der Waals surface area contributed by atoms with Gasteiger partial charge in [-0.2, -0.15) is 25.2 Å². The average Bonchev–Trinajstić information content (AvgIpc) is 4.14. The number of carbonyl (C=O) groups excluding carboxylic acids is 1. The van der Waals surface area contributed by atoms with Crippen LogP contribution in [0.3, 0.4) is 0 Å². The van der Waals surface area contributed by atoms with E-state index < -0.39 is 12.1 Å². The lowest BCUT2D eigenvalue weighted by molar-refractivity contribution is -0.130. The van der Waals surface area contributed by atoms with E-state index in [1.807, 2.05) is 67.4 Å². The summed E-state index contributed by atoms with van der Waals surface area (Å²) in [4.78, 5) is 51.6. The van der Waals surface area contributed by atoms with Crippen LogP contribution in [0.5, 0.6) is 6.01 Å². The number of amides is 1. The van der Waals surface area contributed by atoms with Crippen molar-refractivity contribution in [2.75, 3.05) is 73.0 Å². The van der Waals surface area contributed by atoms with Crippen LogP contribution < -0.4 is 24.8 Å². The quantitative estimate of drug-likeness (QED) is 0.0780. The summed E-state index contributed by atoms with van der Waals surface area (Å²) in [6.07, 6.45) is 9.41. The Morgan fingerprint density at radius 1 is 0.961 bits per heavy atom. The van der Waals surface area contributed by atoms with Gasteiger partial charge in [-0.3, -0.25) is 9.78 Å². The van der Waals surface area contributed by atoms with E-state index in [1.165, 1.54) is 0 Å². The first-order valence-electron chi connectivity index (χ1n) is 27.2. The number of anilines is 4. The number of hydrogen-bond acceptors (Lipinski definition) is 14. The predicted molar refractivity (Wildman–Crippen MR) is 307 cm³/mol. The molecule has 3 aliphatic heterocycles. The number of nitrogens with zero attached hydrogens (tertiary/aromatic N) is 12. The zero-order valence-electron chi connectivity index (χ0n) is 45.1. The van der Waals surface area contributed by atoms with Crippen molar-refractivity contribution in [2.45, 2.75) is 110 Å². The number of pyridine rings is 1. The standard InChI is InChI=1S/C60H70ClN13O3/c1-7-44(37-75)64-59-66-56-49(26-31-72(56)39(3)4)57(67-59)74(34-41-20-22-42(23-21-41)51-18-9-10-28-63-51)40(5)47(8-2)58(76)73-33-32-71(35-45(73)24-27-62)55-48-25-30-70(53-19-12-15-43-14-11-17-50(61)54(43)53)36-52(48)65-60(68-55)77-38-46-16-13-29-69(46)6/h8-12,14-15,17-23,26,28,31,39-40,44-46,75H,7,13,16,24-25,29-30,32-38H2,1-6H3,(H,64,66,67)/b47-8-/t40?,44-,45+,46+/m1/s1. The normalized spacial score (nSPS) is 17.9. The molecule has 0 radical (unpaired) electrons. The molecule has 2 saturated heterocycles. The highest BCUT2D eigenvalue weighted by molar-refractivity contribution is 6.36. The summed E-state index contributed by atoms with van der Waals surface area (Å²) in [6, 6.07) is 30.6. The number of allylic oxidation sites excluding steroid dienone is 1. The number of likely N-dealkylation sites (tertiary alicyclic amines) is 1. The van der Waals surface area contributed by atoms with Gasteiger partial charge >= 0.3 is 6.01 Å². The van der Waals surface area contributed by atoms with Crippen molar-refractivity contribution in [2.24, 2.45) is 0 Å². The smallest absolute Gasteiger partial charge is 0.318 e. The van der Waals surface area contributed by atoms with Crippen LogP contribution in [0.25, 0.3) is 33.1 Å². The lowest BCUT2D eigenvalue weighted by Gasteiger charge is -2.43.